The van der Waals surface area contributed by atoms with E-state index < -0.39 is 0 Å². The summed E-state index contributed by atoms with van der Waals surface area (Å²) in [5.41, 5.74) is 2.05. The highest BCUT2D eigenvalue weighted by molar-refractivity contribution is 5.73. The van der Waals surface area contributed by atoms with Gasteiger partial charge in [-0.25, -0.2) is 4.98 Å². The monoisotopic (exact) mass is 355 g/mol. The van der Waals surface area contributed by atoms with Crippen molar-refractivity contribution >= 4 is 17.7 Å². The van der Waals surface area contributed by atoms with E-state index in [-0.39, 0.29) is 5.91 Å². The molecule has 1 N–H and O–H groups in total. The van der Waals surface area contributed by atoms with Crippen LogP contribution in [0.4, 0.5) is 11.8 Å². The number of nitrogens with one attached hydrogen (secondary N) is 1. The maximum atomic E-state index is 11.5. The predicted molar refractivity (Wildman–Crippen MR) is 102 cm³/mol. The molecule has 0 saturated carbocycles. The Balaban J connectivity index is 1.64. The Morgan fingerprint density at radius 1 is 1.15 bits per heavy atom. The zero-order chi connectivity index (χ0) is 18.5. The Bertz CT molecular complexity index is 755. The molecule has 138 valence electrons. The molecule has 3 rings (SSSR count). The minimum Gasteiger partial charge on any atom is -0.497 e. The lowest BCUT2D eigenvalue weighted by Gasteiger charge is -2.35. The van der Waals surface area contributed by atoms with E-state index in [1.165, 1.54) is 0 Å². The van der Waals surface area contributed by atoms with E-state index in [1.807, 2.05) is 42.2 Å². The molecule has 0 bridgehead atoms. The van der Waals surface area contributed by atoms with Gasteiger partial charge in [-0.15, -0.1) is 0 Å². The van der Waals surface area contributed by atoms with E-state index in [2.05, 4.69) is 20.2 Å². The molecule has 1 fully saturated rings. The largest absolute Gasteiger partial charge is 0.497 e. The van der Waals surface area contributed by atoms with Crippen molar-refractivity contribution in [2.24, 2.45) is 0 Å². The van der Waals surface area contributed by atoms with Crippen molar-refractivity contribution in [1.82, 2.24) is 14.9 Å². The maximum absolute atomic E-state index is 11.5. The first-order chi connectivity index (χ1) is 12.5. The Labute approximate surface area is 154 Å². The van der Waals surface area contributed by atoms with Crippen molar-refractivity contribution in [3.63, 3.8) is 0 Å². The van der Waals surface area contributed by atoms with E-state index in [9.17, 15) is 4.79 Å². The fraction of sp³-hybridized carbons (Fsp3) is 0.421. The zero-order valence-electron chi connectivity index (χ0n) is 15.5. The van der Waals surface area contributed by atoms with E-state index in [4.69, 9.17) is 4.74 Å². The summed E-state index contributed by atoms with van der Waals surface area (Å²) >= 11 is 0. The number of benzene rings is 1. The van der Waals surface area contributed by atoms with Crippen molar-refractivity contribution in [2.75, 3.05) is 43.5 Å². The number of ether oxygens (including phenoxy) is 1. The summed E-state index contributed by atoms with van der Waals surface area (Å²) in [5, 5.41) is 3.29. The van der Waals surface area contributed by atoms with E-state index in [0.717, 1.165) is 49.0 Å². The van der Waals surface area contributed by atoms with Crippen LogP contribution >= 0.6 is 0 Å². The number of anilines is 2. The Morgan fingerprint density at radius 2 is 1.85 bits per heavy atom. The van der Waals surface area contributed by atoms with Crippen LogP contribution in [0, 0.1) is 6.92 Å². The van der Waals surface area contributed by atoms with Crippen molar-refractivity contribution in [2.45, 2.75) is 20.4 Å². The van der Waals surface area contributed by atoms with Gasteiger partial charge in [0.1, 0.15) is 11.6 Å². The van der Waals surface area contributed by atoms with Crippen molar-refractivity contribution in [1.29, 1.82) is 0 Å². The minimum absolute atomic E-state index is 0.130. The minimum atomic E-state index is 0.130. The number of methoxy groups -OCH3 is 1. The zero-order valence-corrected chi connectivity index (χ0v) is 15.5. The number of aryl methyl sites for hydroxylation is 1. The average molecular weight is 355 g/mol. The van der Waals surface area contributed by atoms with Gasteiger partial charge in [0.05, 0.1) is 7.11 Å². The first-order valence-corrected chi connectivity index (χ1v) is 8.78. The lowest BCUT2D eigenvalue weighted by atomic mass is 10.2. The fourth-order valence-electron chi connectivity index (χ4n) is 2.97. The smallest absolute Gasteiger partial charge is 0.225 e. The molecule has 0 radical (unpaired) electrons. The summed E-state index contributed by atoms with van der Waals surface area (Å²) in [6, 6.07) is 9.90. The van der Waals surface area contributed by atoms with Gasteiger partial charge in [-0.1, -0.05) is 12.1 Å². The Kier molecular flexibility index (Phi) is 5.55. The van der Waals surface area contributed by atoms with Gasteiger partial charge >= 0.3 is 0 Å². The number of amides is 1. The van der Waals surface area contributed by atoms with Gasteiger partial charge in [-0.3, -0.25) is 4.79 Å². The molecule has 1 aliphatic rings. The molecule has 0 spiro atoms. The quantitative estimate of drug-likeness (QED) is 0.885. The maximum Gasteiger partial charge on any atom is 0.225 e. The third kappa shape index (κ3) is 4.41. The molecule has 2 aromatic rings. The summed E-state index contributed by atoms with van der Waals surface area (Å²) in [5.74, 6) is 2.49. The second-order valence-electron chi connectivity index (χ2n) is 6.39. The molecule has 1 aromatic heterocycles. The first-order valence-electron chi connectivity index (χ1n) is 8.78. The van der Waals surface area contributed by atoms with Gasteiger partial charge in [-0.05, 0) is 24.6 Å². The van der Waals surface area contributed by atoms with Gasteiger partial charge in [-0.2, -0.15) is 4.98 Å². The second kappa shape index (κ2) is 8.03. The molecule has 0 atom stereocenters. The van der Waals surface area contributed by atoms with Crippen LogP contribution in [0.3, 0.4) is 0 Å². The molecule has 26 heavy (non-hydrogen) atoms. The number of aromatic nitrogens is 2. The summed E-state index contributed by atoms with van der Waals surface area (Å²) in [6.07, 6.45) is 0. The SMILES string of the molecule is COc1ccc(CNc2nc(C)cc(N3CCN(C(C)=O)CC3)n2)cc1. The normalized spacial score (nSPS) is 14.3. The number of hydrogen-bond acceptors (Lipinski definition) is 6. The third-order valence-corrected chi connectivity index (χ3v) is 4.50. The van der Waals surface area contributed by atoms with Crippen molar-refractivity contribution in [3.8, 4) is 5.75 Å². The van der Waals surface area contributed by atoms with Crippen LogP contribution in [0.1, 0.15) is 18.2 Å². The number of rotatable bonds is 5. The van der Waals surface area contributed by atoms with E-state index in [0.29, 0.717) is 12.5 Å². The van der Waals surface area contributed by atoms with Gasteiger partial charge in [0.2, 0.25) is 11.9 Å². The van der Waals surface area contributed by atoms with Gasteiger partial charge in [0.15, 0.2) is 0 Å². The number of piperazine rings is 1. The molecule has 1 amide bonds. The van der Waals surface area contributed by atoms with Crippen LogP contribution in [0.25, 0.3) is 0 Å². The standard InChI is InChI=1S/C19H25N5O2/c1-14-12-18(24-10-8-23(9-11-24)15(2)25)22-19(21-14)20-13-16-4-6-17(26-3)7-5-16/h4-7,12H,8-11,13H2,1-3H3,(H,20,21,22). The summed E-state index contributed by atoms with van der Waals surface area (Å²) in [7, 11) is 1.66. The van der Waals surface area contributed by atoms with Crippen LogP contribution in [-0.4, -0.2) is 54.1 Å². The summed E-state index contributed by atoms with van der Waals surface area (Å²) in [4.78, 5) is 24.7. The van der Waals surface area contributed by atoms with Crippen LogP contribution in [-0.2, 0) is 11.3 Å². The summed E-state index contributed by atoms with van der Waals surface area (Å²) in [6.45, 7) is 7.26. The van der Waals surface area contributed by atoms with Crippen LogP contribution in [0.2, 0.25) is 0 Å². The highest BCUT2D eigenvalue weighted by Crippen LogP contribution is 2.18. The molecule has 2 heterocycles. The number of carbonyl (C=O) groups excluding carboxylic acids is 1. The molecule has 0 aliphatic carbocycles. The fourth-order valence-corrected chi connectivity index (χ4v) is 2.97. The number of carbonyl (C=O) groups is 1. The lowest BCUT2D eigenvalue weighted by Crippen LogP contribution is -2.48. The molecule has 7 heteroatoms. The Hall–Kier alpha value is -2.83. The molecule has 0 unspecified atom stereocenters. The highest BCUT2D eigenvalue weighted by atomic mass is 16.5. The number of nitrogens with zero attached hydrogens (tertiary/aromatic N) is 4. The average Bonchev–Trinajstić information content (AvgIpc) is 2.66. The highest BCUT2D eigenvalue weighted by Gasteiger charge is 2.20. The molecular weight excluding hydrogens is 330 g/mol. The van der Waals surface area contributed by atoms with Crippen molar-refractivity contribution < 1.29 is 9.53 Å². The molecule has 1 aromatic carbocycles. The van der Waals surface area contributed by atoms with E-state index in [1.54, 1.807) is 14.0 Å². The summed E-state index contributed by atoms with van der Waals surface area (Å²) < 4.78 is 5.18. The van der Waals surface area contributed by atoms with Gasteiger partial charge < -0.3 is 19.9 Å². The Morgan fingerprint density at radius 3 is 2.46 bits per heavy atom. The molecule has 1 saturated heterocycles. The lowest BCUT2D eigenvalue weighted by molar-refractivity contribution is -0.129. The molecular formula is C19H25N5O2. The predicted octanol–water partition coefficient (Wildman–Crippen LogP) is 2.07. The van der Waals surface area contributed by atoms with Gasteiger partial charge in [0, 0.05) is 51.4 Å². The first kappa shape index (κ1) is 18.0. The topological polar surface area (TPSA) is 70.6 Å². The van der Waals surface area contributed by atoms with Crippen LogP contribution in [0.15, 0.2) is 30.3 Å². The molecule has 1 aliphatic heterocycles. The molecule has 7 nitrogen and oxygen atoms in total. The second-order valence-corrected chi connectivity index (χ2v) is 6.39. The van der Waals surface area contributed by atoms with Gasteiger partial charge in [0.25, 0.3) is 0 Å². The van der Waals surface area contributed by atoms with Crippen LogP contribution in [0.5, 0.6) is 5.75 Å². The number of hydrogen-bond donors (Lipinski definition) is 1. The third-order valence-electron chi connectivity index (χ3n) is 4.50. The van der Waals surface area contributed by atoms with E-state index >= 15 is 0 Å². The van der Waals surface area contributed by atoms with Crippen molar-refractivity contribution in [3.05, 3.63) is 41.6 Å². The van der Waals surface area contributed by atoms with Crippen LogP contribution < -0.4 is 15.0 Å².